The van der Waals surface area contributed by atoms with Gasteiger partial charge in [-0.25, -0.2) is 9.78 Å². The fraction of sp³-hybridized carbons (Fsp3) is 0.632. The summed E-state index contributed by atoms with van der Waals surface area (Å²) in [7, 11) is 0. The molecule has 0 N–H and O–H groups in total. The number of esters is 1. The molecule has 0 bridgehead atoms. The summed E-state index contributed by atoms with van der Waals surface area (Å²) in [6, 6.07) is 3.60. The Morgan fingerprint density at radius 2 is 1.88 bits per heavy atom. The predicted octanol–water partition coefficient (Wildman–Crippen LogP) is 2.49. The molecule has 1 saturated carbocycles. The summed E-state index contributed by atoms with van der Waals surface area (Å²) in [5.74, 6) is 1.40. The number of piperazine rings is 1. The van der Waals surface area contributed by atoms with Crippen LogP contribution < -0.4 is 4.90 Å². The summed E-state index contributed by atoms with van der Waals surface area (Å²) in [5, 5.41) is 0. The standard InChI is InChI=1S/C19H27N3O3/c1-2-25-19(24)16-7-8-17(20-14-16)21-9-11-22(12-10-21)18(23)13-15-5-3-4-6-15/h7-8,14-15H,2-6,9-13H2,1H3. The number of aromatic nitrogens is 1. The van der Waals surface area contributed by atoms with Gasteiger partial charge in [-0.1, -0.05) is 12.8 Å². The third-order valence-corrected chi connectivity index (χ3v) is 5.15. The maximum Gasteiger partial charge on any atom is 0.339 e. The van der Waals surface area contributed by atoms with Gasteiger partial charge in [-0.2, -0.15) is 0 Å². The first-order valence-corrected chi connectivity index (χ1v) is 9.33. The van der Waals surface area contributed by atoms with Gasteiger partial charge in [0.15, 0.2) is 0 Å². The molecule has 6 nitrogen and oxygen atoms in total. The van der Waals surface area contributed by atoms with Crippen LogP contribution in [0, 0.1) is 5.92 Å². The van der Waals surface area contributed by atoms with E-state index in [4.69, 9.17) is 4.74 Å². The van der Waals surface area contributed by atoms with Gasteiger partial charge in [0.25, 0.3) is 0 Å². The van der Waals surface area contributed by atoms with Crippen LogP contribution in [0.15, 0.2) is 18.3 Å². The van der Waals surface area contributed by atoms with Crippen molar-refractivity contribution in [1.82, 2.24) is 9.88 Å². The third-order valence-electron chi connectivity index (χ3n) is 5.15. The maximum atomic E-state index is 12.4. The molecule has 1 aromatic rings. The zero-order chi connectivity index (χ0) is 17.6. The van der Waals surface area contributed by atoms with Gasteiger partial charge in [0.05, 0.1) is 12.2 Å². The van der Waals surface area contributed by atoms with E-state index in [9.17, 15) is 9.59 Å². The second-order valence-electron chi connectivity index (χ2n) is 6.85. The summed E-state index contributed by atoms with van der Waals surface area (Å²) >= 11 is 0. The normalized spacial score (nSPS) is 18.4. The lowest BCUT2D eigenvalue weighted by Crippen LogP contribution is -2.49. The molecule has 0 unspecified atom stereocenters. The Balaban J connectivity index is 1.49. The fourth-order valence-electron chi connectivity index (χ4n) is 3.68. The average molecular weight is 345 g/mol. The number of anilines is 1. The van der Waals surface area contributed by atoms with Crippen molar-refractivity contribution in [1.29, 1.82) is 0 Å². The molecule has 3 rings (SSSR count). The number of hydrogen-bond donors (Lipinski definition) is 0. The molecule has 136 valence electrons. The number of pyridine rings is 1. The van der Waals surface area contributed by atoms with Crippen molar-refractivity contribution < 1.29 is 14.3 Å². The van der Waals surface area contributed by atoms with Gasteiger partial charge in [-0.15, -0.1) is 0 Å². The predicted molar refractivity (Wildman–Crippen MR) is 95.6 cm³/mol. The van der Waals surface area contributed by atoms with E-state index in [1.165, 1.54) is 25.7 Å². The molecule has 6 heteroatoms. The summed E-state index contributed by atoms with van der Waals surface area (Å²) < 4.78 is 4.97. The number of carbonyl (C=O) groups is 2. The highest BCUT2D eigenvalue weighted by Crippen LogP contribution is 2.28. The van der Waals surface area contributed by atoms with Crippen LogP contribution in [0.4, 0.5) is 5.82 Å². The van der Waals surface area contributed by atoms with Gasteiger partial charge in [-0.3, -0.25) is 4.79 Å². The van der Waals surface area contributed by atoms with Crippen molar-refractivity contribution in [2.24, 2.45) is 5.92 Å². The number of nitrogens with zero attached hydrogens (tertiary/aromatic N) is 3. The van der Waals surface area contributed by atoms with Crippen LogP contribution in [0.1, 0.15) is 49.4 Å². The first-order valence-electron chi connectivity index (χ1n) is 9.33. The van der Waals surface area contributed by atoms with Crippen molar-refractivity contribution in [2.45, 2.75) is 39.0 Å². The summed E-state index contributed by atoms with van der Waals surface area (Å²) in [6.45, 7) is 5.19. The van der Waals surface area contributed by atoms with Gasteiger partial charge in [0.1, 0.15) is 5.82 Å². The SMILES string of the molecule is CCOC(=O)c1ccc(N2CCN(C(=O)CC3CCCC3)CC2)nc1. The van der Waals surface area contributed by atoms with Crippen LogP contribution in [0.5, 0.6) is 0 Å². The minimum atomic E-state index is -0.344. The molecule has 2 fully saturated rings. The average Bonchev–Trinajstić information content (AvgIpc) is 3.15. The lowest BCUT2D eigenvalue weighted by Gasteiger charge is -2.36. The van der Waals surface area contributed by atoms with Crippen molar-refractivity contribution in [2.75, 3.05) is 37.7 Å². The van der Waals surface area contributed by atoms with E-state index >= 15 is 0 Å². The zero-order valence-electron chi connectivity index (χ0n) is 14.9. The minimum absolute atomic E-state index is 0.303. The molecule has 1 saturated heterocycles. The van der Waals surface area contributed by atoms with Gasteiger partial charge in [0, 0.05) is 38.8 Å². The van der Waals surface area contributed by atoms with E-state index in [1.807, 2.05) is 11.0 Å². The monoisotopic (exact) mass is 345 g/mol. The molecule has 2 aliphatic rings. The molecule has 25 heavy (non-hydrogen) atoms. The van der Waals surface area contributed by atoms with E-state index in [2.05, 4.69) is 9.88 Å². The molecule has 2 heterocycles. The first kappa shape index (κ1) is 17.7. The topological polar surface area (TPSA) is 62.7 Å². The molecule has 0 radical (unpaired) electrons. The molecule has 0 atom stereocenters. The number of rotatable bonds is 5. The molecule has 1 aliphatic heterocycles. The molecular weight excluding hydrogens is 318 g/mol. The lowest BCUT2D eigenvalue weighted by atomic mass is 10.0. The van der Waals surface area contributed by atoms with Gasteiger partial charge >= 0.3 is 5.97 Å². The molecule has 1 amide bonds. The van der Waals surface area contributed by atoms with E-state index in [0.29, 0.717) is 30.4 Å². The molecular formula is C19H27N3O3. The lowest BCUT2D eigenvalue weighted by molar-refractivity contribution is -0.132. The third kappa shape index (κ3) is 4.50. The van der Waals surface area contributed by atoms with Crippen molar-refractivity contribution in [3.8, 4) is 0 Å². The van der Waals surface area contributed by atoms with Crippen LogP contribution >= 0.6 is 0 Å². The Morgan fingerprint density at radius 1 is 1.16 bits per heavy atom. The Bertz CT molecular complexity index is 588. The second-order valence-corrected chi connectivity index (χ2v) is 6.85. The van der Waals surface area contributed by atoms with Crippen molar-refractivity contribution in [3.63, 3.8) is 0 Å². The van der Waals surface area contributed by atoms with Crippen LogP contribution in [0.2, 0.25) is 0 Å². The van der Waals surface area contributed by atoms with Crippen LogP contribution in [-0.4, -0.2) is 54.5 Å². The highest BCUT2D eigenvalue weighted by molar-refractivity contribution is 5.89. The number of ether oxygens (including phenoxy) is 1. The van der Waals surface area contributed by atoms with Crippen LogP contribution in [0.25, 0.3) is 0 Å². The van der Waals surface area contributed by atoms with E-state index in [-0.39, 0.29) is 5.97 Å². The summed E-state index contributed by atoms with van der Waals surface area (Å²) in [4.78, 5) is 32.6. The summed E-state index contributed by atoms with van der Waals surface area (Å²) in [5.41, 5.74) is 0.468. The Hall–Kier alpha value is -2.11. The minimum Gasteiger partial charge on any atom is -0.462 e. The van der Waals surface area contributed by atoms with E-state index in [0.717, 1.165) is 32.0 Å². The molecule has 1 aromatic heterocycles. The Kier molecular flexibility index (Phi) is 5.89. The van der Waals surface area contributed by atoms with Gasteiger partial charge in [-0.05, 0) is 37.8 Å². The number of hydrogen-bond acceptors (Lipinski definition) is 5. The highest BCUT2D eigenvalue weighted by Gasteiger charge is 2.25. The molecule has 0 spiro atoms. The fourth-order valence-corrected chi connectivity index (χ4v) is 3.68. The summed E-state index contributed by atoms with van der Waals surface area (Å²) in [6.07, 6.45) is 7.25. The van der Waals surface area contributed by atoms with E-state index in [1.54, 1.807) is 19.2 Å². The maximum absolute atomic E-state index is 12.4. The number of amides is 1. The molecule has 1 aliphatic carbocycles. The molecule has 0 aromatic carbocycles. The smallest absolute Gasteiger partial charge is 0.339 e. The van der Waals surface area contributed by atoms with Gasteiger partial charge in [0.2, 0.25) is 5.91 Å². The second kappa shape index (κ2) is 8.32. The van der Waals surface area contributed by atoms with Crippen molar-refractivity contribution >= 4 is 17.7 Å². The van der Waals surface area contributed by atoms with Crippen LogP contribution in [-0.2, 0) is 9.53 Å². The zero-order valence-corrected chi connectivity index (χ0v) is 14.9. The van der Waals surface area contributed by atoms with E-state index < -0.39 is 0 Å². The Morgan fingerprint density at radius 3 is 2.48 bits per heavy atom. The Labute approximate surface area is 149 Å². The highest BCUT2D eigenvalue weighted by atomic mass is 16.5. The quantitative estimate of drug-likeness (QED) is 0.767. The largest absolute Gasteiger partial charge is 0.462 e. The van der Waals surface area contributed by atoms with Crippen molar-refractivity contribution in [3.05, 3.63) is 23.9 Å². The number of carbonyl (C=O) groups excluding carboxylic acids is 2. The van der Waals surface area contributed by atoms with Gasteiger partial charge < -0.3 is 14.5 Å². The first-order chi connectivity index (χ1) is 12.2. The van der Waals surface area contributed by atoms with Crippen LogP contribution in [0.3, 0.4) is 0 Å².